The largest absolute Gasteiger partial charge is 0.468 e. The molecule has 1 fully saturated rings. The minimum atomic E-state index is -0.0984. The molecule has 1 aliphatic rings. The first-order valence-electron chi connectivity index (χ1n) is 6.78. The fourth-order valence-corrected chi connectivity index (χ4v) is 2.50. The van der Waals surface area contributed by atoms with E-state index in [1.165, 1.54) is 7.11 Å². The molecule has 0 spiro atoms. The molecule has 0 aromatic rings. The van der Waals surface area contributed by atoms with E-state index in [-0.39, 0.29) is 12.0 Å². The Bertz CT molecular complexity index is 239. The number of hydrogen-bond acceptors (Lipinski definition) is 3. The van der Waals surface area contributed by atoms with Gasteiger partial charge in [0, 0.05) is 0 Å². The number of carbonyl (C=O) groups excluding carboxylic acids is 1. The molecule has 1 aliphatic carbocycles. The van der Waals surface area contributed by atoms with E-state index in [9.17, 15) is 4.79 Å². The highest BCUT2D eigenvalue weighted by atomic mass is 16.5. The summed E-state index contributed by atoms with van der Waals surface area (Å²) in [6, 6.07) is -0.0833. The van der Waals surface area contributed by atoms with Crippen LogP contribution in [-0.4, -0.2) is 25.7 Å². The highest BCUT2D eigenvalue weighted by Crippen LogP contribution is 2.33. The van der Waals surface area contributed by atoms with E-state index in [2.05, 4.69) is 33.0 Å². The Balaban J connectivity index is 2.47. The molecule has 0 radical (unpaired) electrons. The number of ether oxygens (including phenoxy) is 1. The van der Waals surface area contributed by atoms with Crippen LogP contribution >= 0.6 is 0 Å². The first-order chi connectivity index (χ1) is 7.97. The summed E-state index contributed by atoms with van der Waals surface area (Å²) in [4.78, 5) is 11.7. The summed E-state index contributed by atoms with van der Waals surface area (Å²) in [5.41, 5.74) is 0. The van der Waals surface area contributed by atoms with Crippen molar-refractivity contribution in [2.75, 3.05) is 13.7 Å². The van der Waals surface area contributed by atoms with Crippen LogP contribution in [0.15, 0.2) is 0 Å². The molecule has 0 amide bonds. The highest BCUT2D eigenvalue weighted by Gasteiger charge is 2.37. The van der Waals surface area contributed by atoms with Gasteiger partial charge in [-0.25, -0.2) is 0 Å². The van der Waals surface area contributed by atoms with Gasteiger partial charge in [0.25, 0.3) is 0 Å². The fourth-order valence-electron chi connectivity index (χ4n) is 2.50. The van der Waals surface area contributed by atoms with Crippen LogP contribution in [0.3, 0.4) is 0 Å². The molecule has 0 aromatic carbocycles. The summed E-state index contributed by atoms with van der Waals surface area (Å²) < 4.78 is 4.87. The standard InChI is InChI=1S/C14H27NO2/c1-9(2)12(10(3)4)8-15-13(11-6-7-11)14(16)17-5/h9-13,15H,6-8H2,1-5H3. The highest BCUT2D eigenvalue weighted by molar-refractivity contribution is 5.76. The van der Waals surface area contributed by atoms with E-state index in [4.69, 9.17) is 4.74 Å². The van der Waals surface area contributed by atoms with Crippen molar-refractivity contribution in [1.82, 2.24) is 5.32 Å². The molecule has 0 heterocycles. The first-order valence-corrected chi connectivity index (χ1v) is 6.78. The van der Waals surface area contributed by atoms with Crippen LogP contribution in [0.25, 0.3) is 0 Å². The summed E-state index contributed by atoms with van der Waals surface area (Å²) in [7, 11) is 1.47. The number of methoxy groups -OCH3 is 1. The molecule has 1 unspecified atom stereocenters. The summed E-state index contributed by atoms with van der Waals surface area (Å²) in [6.45, 7) is 9.89. The van der Waals surface area contributed by atoms with E-state index >= 15 is 0 Å². The van der Waals surface area contributed by atoms with Crippen molar-refractivity contribution in [1.29, 1.82) is 0 Å². The third-order valence-corrected chi connectivity index (χ3v) is 3.83. The fraction of sp³-hybridized carbons (Fsp3) is 0.929. The molecule has 0 aromatic heterocycles. The van der Waals surface area contributed by atoms with Gasteiger partial charge in [-0.2, -0.15) is 0 Å². The second-order valence-corrected chi connectivity index (χ2v) is 5.90. The van der Waals surface area contributed by atoms with Crippen molar-refractivity contribution >= 4 is 5.97 Å². The van der Waals surface area contributed by atoms with E-state index in [1.54, 1.807) is 0 Å². The van der Waals surface area contributed by atoms with E-state index in [1.807, 2.05) is 0 Å². The Hall–Kier alpha value is -0.570. The minimum absolute atomic E-state index is 0.0833. The van der Waals surface area contributed by atoms with Gasteiger partial charge in [0.15, 0.2) is 0 Å². The zero-order chi connectivity index (χ0) is 13.0. The van der Waals surface area contributed by atoms with Crippen molar-refractivity contribution < 1.29 is 9.53 Å². The summed E-state index contributed by atoms with van der Waals surface area (Å²) in [5.74, 6) is 2.29. The van der Waals surface area contributed by atoms with Crippen LogP contribution in [0.4, 0.5) is 0 Å². The summed E-state index contributed by atoms with van der Waals surface area (Å²) in [5, 5.41) is 3.42. The number of nitrogens with one attached hydrogen (secondary N) is 1. The molecule has 1 saturated carbocycles. The topological polar surface area (TPSA) is 38.3 Å². The van der Waals surface area contributed by atoms with Crippen LogP contribution in [0.5, 0.6) is 0 Å². The van der Waals surface area contributed by atoms with Crippen molar-refractivity contribution in [3.8, 4) is 0 Å². The number of hydrogen-bond donors (Lipinski definition) is 1. The van der Waals surface area contributed by atoms with Gasteiger partial charge in [-0.1, -0.05) is 27.7 Å². The molecule has 100 valence electrons. The van der Waals surface area contributed by atoms with Gasteiger partial charge in [0.05, 0.1) is 7.11 Å². The molecule has 1 rings (SSSR count). The van der Waals surface area contributed by atoms with Crippen molar-refractivity contribution in [3.05, 3.63) is 0 Å². The maximum atomic E-state index is 11.7. The van der Waals surface area contributed by atoms with Gasteiger partial charge in [-0.05, 0) is 43.1 Å². The molecule has 3 nitrogen and oxygen atoms in total. The summed E-state index contributed by atoms with van der Waals surface area (Å²) in [6.07, 6.45) is 2.31. The molecule has 0 saturated heterocycles. The van der Waals surface area contributed by atoms with E-state index in [0.717, 1.165) is 19.4 Å². The lowest BCUT2D eigenvalue weighted by Crippen LogP contribution is -2.43. The molecular formula is C14H27NO2. The average molecular weight is 241 g/mol. The number of esters is 1. The maximum absolute atomic E-state index is 11.7. The number of rotatable bonds is 7. The molecular weight excluding hydrogens is 214 g/mol. The zero-order valence-corrected chi connectivity index (χ0v) is 11.8. The first kappa shape index (κ1) is 14.5. The smallest absolute Gasteiger partial charge is 0.323 e. The lowest BCUT2D eigenvalue weighted by molar-refractivity contribution is -0.143. The lowest BCUT2D eigenvalue weighted by Gasteiger charge is -2.27. The van der Waals surface area contributed by atoms with Crippen molar-refractivity contribution in [2.45, 2.75) is 46.6 Å². The quantitative estimate of drug-likeness (QED) is 0.696. The van der Waals surface area contributed by atoms with Crippen LogP contribution in [0, 0.1) is 23.7 Å². The van der Waals surface area contributed by atoms with Crippen LogP contribution in [-0.2, 0) is 9.53 Å². The normalized spacial score (nSPS) is 17.9. The third kappa shape index (κ3) is 4.30. The van der Waals surface area contributed by atoms with Crippen LogP contribution < -0.4 is 5.32 Å². The van der Waals surface area contributed by atoms with Crippen LogP contribution in [0.1, 0.15) is 40.5 Å². The molecule has 0 bridgehead atoms. The van der Waals surface area contributed by atoms with Crippen molar-refractivity contribution in [2.24, 2.45) is 23.7 Å². The van der Waals surface area contributed by atoms with Crippen LogP contribution in [0.2, 0.25) is 0 Å². The maximum Gasteiger partial charge on any atom is 0.323 e. The van der Waals surface area contributed by atoms with Gasteiger partial charge in [-0.3, -0.25) is 4.79 Å². The Morgan fingerprint density at radius 3 is 2.12 bits per heavy atom. The van der Waals surface area contributed by atoms with Gasteiger partial charge < -0.3 is 10.1 Å². The van der Waals surface area contributed by atoms with E-state index in [0.29, 0.717) is 23.7 Å². The number of carbonyl (C=O) groups is 1. The Labute approximate surface area is 105 Å². The predicted octanol–water partition coefficient (Wildman–Crippen LogP) is 2.46. The predicted molar refractivity (Wildman–Crippen MR) is 69.7 cm³/mol. The minimum Gasteiger partial charge on any atom is -0.468 e. The Kier molecular flexibility index (Phi) is 5.44. The van der Waals surface area contributed by atoms with Gasteiger partial charge in [0.2, 0.25) is 0 Å². The van der Waals surface area contributed by atoms with Gasteiger partial charge in [0.1, 0.15) is 6.04 Å². The summed E-state index contributed by atoms with van der Waals surface area (Å²) >= 11 is 0. The van der Waals surface area contributed by atoms with E-state index < -0.39 is 0 Å². The zero-order valence-electron chi connectivity index (χ0n) is 11.8. The lowest BCUT2D eigenvalue weighted by atomic mass is 9.85. The Morgan fingerprint density at radius 1 is 1.24 bits per heavy atom. The van der Waals surface area contributed by atoms with Gasteiger partial charge >= 0.3 is 5.97 Å². The molecule has 3 heteroatoms. The second kappa shape index (κ2) is 6.39. The molecule has 17 heavy (non-hydrogen) atoms. The molecule has 0 aliphatic heterocycles. The second-order valence-electron chi connectivity index (χ2n) is 5.90. The van der Waals surface area contributed by atoms with Gasteiger partial charge in [-0.15, -0.1) is 0 Å². The van der Waals surface area contributed by atoms with Crippen molar-refractivity contribution in [3.63, 3.8) is 0 Å². The Morgan fingerprint density at radius 2 is 1.76 bits per heavy atom. The third-order valence-electron chi connectivity index (χ3n) is 3.83. The molecule has 1 N–H and O–H groups in total. The SMILES string of the molecule is COC(=O)C(NCC(C(C)C)C(C)C)C1CC1. The molecule has 1 atom stereocenters. The average Bonchev–Trinajstić information content (AvgIpc) is 3.06. The monoisotopic (exact) mass is 241 g/mol.